The molecule has 36 heavy (non-hydrogen) atoms. The molecule has 4 rings (SSSR count). The number of ether oxygens (including phenoxy) is 3. The van der Waals surface area contributed by atoms with Crippen molar-refractivity contribution in [1.29, 1.82) is 5.41 Å². The Bertz CT molecular complexity index is 1310. The van der Waals surface area contributed by atoms with E-state index in [1.54, 1.807) is 12.1 Å². The van der Waals surface area contributed by atoms with Crippen LogP contribution in [0.15, 0.2) is 24.3 Å². The molecule has 1 saturated heterocycles. The molecule has 1 aliphatic rings. The molecule has 10 nitrogen and oxygen atoms in total. The Kier molecular flexibility index (Phi) is 8.12. The third-order valence-electron chi connectivity index (χ3n) is 5.97. The second-order valence-corrected chi connectivity index (χ2v) is 10.5. The highest BCUT2D eigenvalue weighted by molar-refractivity contribution is 5.96. The van der Waals surface area contributed by atoms with Gasteiger partial charge in [0.25, 0.3) is 0 Å². The summed E-state index contributed by atoms with van der Waals surface area (Å²) >= 11 is 0. The molecule has 0 bridgehead atoms. The van der Waals surface area contributed by atoms with Gasteiger partial charge in [-0.25, -0.2) is 4.68 Å². The number of hydrogen-bond acceptors (Lipinski definition) is 8. The van der Waals surface area contributed by atoms with Crippen molar-refractivity contribution in [3.8, 4) is 11.6 Å². The molecule has 0 unspecified atom stereocenters. The second kappa shape index (κ2) is 10.6. The Morgan fingerprint density at radius 1 is 1.19 bits per heavy atom. The molecule has 0 aliphatic carbocycles. The first kappa shape index (κ1) is 27.6. The van der Waals surface area contributed by atoms with Gasteiger partial charge in [0.15, 0.2) is 11.4 Å². The van der Waals surface area contributed by atoms with Crippen LogP contribution in [0.2, 0.25) is 0 Å². The van der Waals surface area contributed by atoms with E-state index in [9.17, 15) is 4.79 Å². The fourth-order valence-electron chi connectivity index (χ4n) is 3.76. The van der Waals surface area contributed by atoms with Gasteiger partial charge in [0.1, 0.15) is 18.9 Å². The van der Waals surface area contributed by atoms with Crippen LogP contribution in [-0.4, -0.2) is 63.3 Å². The van der Waals surface area contributed by atoms with Crippen molar-refractivity contribution in [2.75, 3.05) is 33.0 Å². The first-order valence-corrected chi connectivity index (χ1v) is 11.6. The summed E-state index contributed by atoms with van der Waals surface area (Å²) in [5.41, 5.74) is 2.42. The van der Waals surface area contributed by atoms with Crippen LogP contribution in [0, 0.1) is 17.7 Å². The zero-order valence-electron chi connectivity index (χ0n) is 21.3. The van der Waals surface area contributed by atoms with Gasteiger partial charge in [-0.3, -0.25) is 10.2 Å². The standard InChI is InChI=1S/C25H33N5O5.ClH/c1-16-8-21(35-15-25(5)13-33-14-25)27-30-22(16)28-29(23(30)26)12-20(32)17-9-18(24(2,3)4)11-19(10-17)34-7-6-31;/h8-11,26,31H,6-7,12-15H2,1-5H3;1H. The molecule has 0 radical (unpaired) electrons. The van der Waals surface area contributed by atoms with Crippen LogP contribution in [-0.2, 0) is 16.7 Å². The lowest BCUT2D eigenvalue weighted by atomic mass is 9.85. The van der Waals surface area contributed by atoms with Gasteiger partial charge in [-0.05, 0) is 36.1 Å². The second-order valence-electron chi connectivity index (χ2n) is 10.5. The van der Waals surface area contributed by atoms with Crippen LogP contribution in [0.5, 0.6) is 11.6 Å². The van der Waals surface area contributed by atoms with Crippen LogP contribution in [0.4, 0.5) is 0 Å². The van der Waals surface area contributed by atoms with Crippen LogP contribution in [0.1, 0.15) is 49.2 Å². The highest BCUT2D eigenvalue weighted by Crippen LogP contribution is 2.29. The zero-order valence-corrected chi connectivity index (χ0v) is 22.1. The van der Waals surface area contributed by atoms with E-state index in [0.717, 1.165) is 11.1 Å². The van der Waals surface area contributed by atoms with E-state index in [1.165, 1.54) is 9.20 Å². The maximum atomic E-state index is 13.2. The van der Waals surface area contributed by atoms with Crippen LogP contribution >= 0.6 is 12.4 Å². The number of carbonyl (C=O) groups excluding carboxylic acids is 1. The number of aliphatic hydroxyl groups excluding tert-OH is 1. The van der Waals surface area contributed by atoms with E-state index < -0.39 is 0 Å². The summed E-state index contributed by atoms with van der Waals surface area (Å²) in [6, 6.07) is 7.17. The number of benzene rings is 1. The number of aliphatic hydroxyl groups is 1. The maximum Gasteiger partial charge on any atom is 0.242 e. The third-order valence-corrected chi connectivity index (χ3v) is 5.97. The average Bonchev–Trinajstić information content (AvgIpc) is 3.10. The van der Waals surface area contributed by atoms with Gasteiger partial charge in [0.05, 0.1) is 26.4 Å². The quantitative estimate of drug-likeness (QED) is 0.416. The number of ketones is 1. The lowest BCUT2D eigenvalue weighted by Gasteiger charge is -2.37. The minimum Gasteiger partial charge on any atom is -0.491 e. The lowest BCUT2D eigenvalue weighted by Crippen LogP contribution is -2.44. The first-order chi connectivity index (χ1) is 16.5. The number of nitrogens with zero attached hydrogens (tertiary/aromatic N) is 4. The Balaban J connectivity index is 0.00000361. The Morgan fingerprint density at radius 3 is 2.53 bits per heavy atom. The predicted octanol–water partition coefficient (Wildman–Crippen LogP) is 2.71. The predicted molar refractivity (Wildman–Crippen MR) is 135 cm³/mol. The monoisotopic (exact) mass is 519 g/mol. The highest BCUT2D eigenvalue weighted by Gasteiger charge is 2.34. The number of nitrogens with one attached hydrogen (secondary N) is 1. The molecule has 2 aromatic heterocycles. The highest BCUT2D eigenvalue weighted by atomic mass is 35.5. The fraction of sp³-hybridized carbons (Fsp3) is 0.520. The van der Waals surface area contributed by atoms with E-state index in [4.69, 9.17) is 24.7 Å². The first-order valence-electron chi connectivity index (χ1n) is 11.6. The number of hydrogen-bond donors (Lipinski definition) is 2. The van der Waals surface area contributed by atoms with E-state index in [1.807, 2.05) is 19.1 Å². The molecule has 2 N–H and O–H groups in total. The van der Waals surface area contributed by atoms with Gasteiger partial charge in [0, 0.05) is 22.6 Å². The lowest BCUT2D eigenvalue weighted by molar-refractivity contribution is -0.120. The number of Topliss-reactive ketones (excluding diaryl/α,β-unsaturated/α-hetero) is 1. The Hall–Kier alpha value is -2.95. The van der Waals surface area contributed by atoms with Crippen molar-refractivity contribution in [2.45, 2.75) is 46.6 Å². The third kappa shape index (κ3) is 5.88. The Morgan fingerprint density at radius 2 is 1.92 bits per heavy atom. The Labute approximate surface area is 216 Å². The summed E-state index contributed by atoms with van der Waals surface area (Å²) in [6.45, 7) is 11.8. The molecular weight excluding hydrogens is 486 g/mol. The summed E-state index contributed by atoms with van der Waals surface area (Å²) < 4.78 is 19.5. The van der Waals surface area contributed by atoms with Gasteiger partial charge in [-0.2, -0.15) is 4.52 Å². The molecule has 0 spiro atoms. The number of halogens is 1. The number of fused-ring (bicyclic) bond motifs is 1. The number of aryl methyl sites for hydroxylation is 1. The van der Waals surface area contributed by atoms with Gasteiger partial charge < -0.3 is 19.3 Å². The molecule has 11 heteroatoms. The SMILES string of the molecule is Cc1cc(OCC2(C)COC2)nn2c(=N)n(CC(=O)c3cc(OCCO)cc(C(C)(C)C)c3)nc12.Cl. The zero-order chi connectivity index (χ0) is 25.4. The largest absolute Gasteiger partial charge is 0.491 e. The van der Waals surface area contributed by atoms with Crippen molar-refractivity contribution in [1.82, 2.24) is 19.4 Å². The summed E-state index contributed by atoms with van der Waals surface area (Å²) in [7, 11) is 0. The minimum atomic E-state index is -0.209. The maximum absolute atomic E-state index is 13.2. The van der Waals surface area contributed by atoms with Crippen LogP contribution < -0.4 is 15.1 Å². The molecule has 0 amide bonds. The van der Waals surface area contributed by atoms with Crippen molar-refractivity contribution in [3.63, 3.8) is 0 Å². The van der Waals surface area contributed by atoms with Crippen LogP contribution in [0.3, 0.4) is 0 Å². The molecule has 3 heterocycles. The van der Waals surface area contributed by atoms with E-state index in [0.29, 0.717) is 42.7 Å². The summed E-state index contributed by atoms with van der Waals surface area (Å²) in [6.07, 6.45) is 0. The number of carbonyl (C=O) groups is 1. The summed E-state index contributed by atoms with van der Waals surface area (Å²) in [4.78, 5) is 13.2. The molecule has 1 fully saturated rings. The van der Waals surface area contributed by atoms with Crippen molar-refractivity contribution in [3.05, 3.63) is 46.6 Å². The normalized spacial score (nSPS) is 14.7. The topological polar surface area (TPSA) is 124 Å². The number of rotatable bonds is 9. The van der Waals surface area contributed by atoms with E-state index in [2.05, 4.69) is 37.9 Å². The molecule has 0 saturated carbocycles. The van der Waals surface area contributed by atoms with Gasteiger partial charge >= 0.3 is 0 Å². The number of aromatic nitrogens is 4. The van der Waals surface area contributed by atoms with E-state index >= 15 is 0 Å². The van der Waals surface area contributed by atoms with Crippen molar-refractivity contribution in [2.24, 2.45) is 5.41 Å². The summed E-state index contributed by atoms with van der Waals surface area (Å²) in [5, 5.41) is 26.6. The summed E-state index contributed by atoms with van der Waals surface area (Å²) in [5.74, 6) is 0.709. The molecule has 1 aliphatic heterocycles. The molecule has 1 aromatic carbocycles. The smallest absolute Gasteiger partial charge is 0.242 e. The van der Waals surface area contributed by atoms with Crippen molar-refractivity contribution < 1.29 is 24.1 Å². The molecule has 196 valence electrons. The van der Waals surface area contributed by atoms with Gasteiger partial charge in [-0.1, -0.05) is 27.7 Å². The van der Waals surface area contributed by atoms with Crippen molar-refractivity contribution >= 4 is 23.8 Å². The average molecular weight is 520 g/mol. The fourth-order valence-corrected chi connectivity index (χ4v) is 3.76. The molecular formula is C25H34ClN5O5. The minimum absolute atomic E-state index is 0. The van der Waals surface area contributed by atoms with Gasteiger partial charge in [-0.15, -0.1) is 22.6 Å². The van der Waals surface area contributed by atoms with Gasteiger partial charge in [0.2, 0.25) is 11.5 Å². The molecule has 3 aromatic rings. The molecule has 0 atom stereocenters. The van der Waals surface area contributed by atoms with E-state index in [-0.39, 0.29) is 54.4 Å². The van der Waals surface area contributed by atoms with Crippen LogP contribution in [0.25, 0.3) is 5.65 Å².